The molecule has 26 heavy (non-hydrogen) atoms. The summed E-state index contributed by atoms with van der Waals surface area (Å²) in [7, 11) is -3.49. The van der Waals surface area contributed by atoms with Crippen LogP contribution in [0.3, 0.4) is 0 Å². The number of halogens is 2. The first-order valence-electron chi connectivity index (χ1n) is 8.62. The van der Waals surface area contributed by atoms with Crippen LogP contribution in [-0.4, -0.2) is 36.8 Å². The molecule has 0 bridgehead atoms. The molecule has 0 aliphatic carbocycles. The minimum atomic E-state index is -3.49. The Labute approximate surface area is 168 Å². The Hall–Kier alpha value is -0.920. The van der Waals surface area contributed by atoms with Gasteiger partial charge in [0.05, 0.1) is 4.90 Å². The number of nitrogens with zero attached hydrogens (tertiary/aromatic N) is 2. The van der Waals surface area contributed by atoms with Crippen molar-refractivity contribution in [2.24, 2.45) is 11.7 Å². The Morgan fingerprint density at radius 2 is 1.92 bits per heavy atom. The van der Waals surface area contributed by atoms with Gasteiger partial charge in [0.1, 0.15) is 0 Å². The number of hydrogen-bond donors (Lipinski definition) is 1. The molecule has 0 radical (unpaired) electrons. The van der Waals surface area contributed by atoms with Crippen LogP contribution < -0.4 is 5.73 Å². The summed E-state index contributed by atoms with van der Waals surface area (Å²) in [5.41, 5.74) is 6.22. The van der Waals surface area contributed by atoms with Gasteiger partial charge in [0, 0.05) is 42.3 Å². The second-order valence-electron chi connectivity index (χ2n) is 6.55. The highest BCUT2D eigenvalue weighted by Crippen LogP contribution is 2.29. The van der Waals surface area contributed by atoms with E-state index in [2.05, 4.69) is 11.9 Å². The summed E-state index contributed by atoms with van der Waals surface area (Å²) < 4.78 is 27.8. The van der Waals surface area contributed by atoms with E-state index in [1.54, 1.807) is 34.9 Å². The van der Waals surface area contributed by atoms with Gasteiger partial charge in [0.15, 0.2) is 0 Å². The first kappa shape index (κ1) is 23.1. The third-order valence-electron chi connectivity index (χ3n) is 4.98. The number of piperidine rings is 1. The molecule has 1 saturated heterocycles. The van der Waals surface area contributed by atoms with Crippen molar-refractivity contribution in [1.29, 1.82) is 0 Å². The molecule has 2 N–H and O–H groups in total. The molecular weight excluding hydrogens is 393 g/mol. The van der Waals surface area contributed by atoms with Gasteiger partial charge >= 0.3 is 0 Å². The highest BCUT2D eigenvalue weighted by molar-refractivity contribution is 7.89. The molecule has 146 valence electrons. The molecule has 0 spiro atoms. The van der Waals surface area contributed by atoms with Gasteiger partial charge in [0.25, 0.3) is 0 Å². The summed E-state index contributed by atoms with van der Waals surface area (Å²) in [5.74, 6) is 0.424. The summed E-state index contributed by atoms with van der Waals surface area (Å²) in [6.07, 6.45) is 7.10. The molecule has 0 saturated carbocycles. The molecule has 1 fully saturated rings. The van der Waals surface area contributed by atoms with Crippen LogP contribution in [0, 0.1) is 5.92 Å². The second-order valence-corrected chi connectivity index (χ2v) is 8.45. The zero-order valence-corrected chi connectivity index (χ0v) is 17.3. The molecule has 1 aromatic heterocycles. The molecule has 1 aromatic carbocycles. The molecule has 1 aliphatic rings. The van der Waals surface area contributed by atoms with Crippen molar-refractivity contribution in [3.05, 3.63) is 36.7 Å². The minimum absolute atomic E-state index is 0. The monoisotopic (exact) mass is 419 g/mol. The fourth-order valence-electron chi connectivity index (χ4n) is 3.57. The Balaban J connectivity index is 0.00000169. The van der Waals surface area contributed by atoms with Crippen LogP contribution >= 0.6 is 24.8 Å². The zero-order valence-electron chi connectivity index (χ0n) is 14.9. The molecule has 1 atom stereocenters. The lowest BCUT2D eigenvalue weighted by Crippen LogP contribution is -2.43. The predicted octanol–water partition coefficient (Wildman–Crippen LogP) is 3.61. The van der Waals surface area contributed by atoms with Crippen LogP contribution in [0.25, 0.3) is 10.8 Å². The van der Waals surface area contributed by atoms with Crippen LogP contribution in [0.15, 0.2) is 41.6 Å². The normalized spacial score (nSPS) is 17.3. The van der Waals surface area contributed by atoms with Crippen molar-refractivity contribution in [3.8, 4) is 0 Å². The first-order valence-corrected chi connectivity index (χ1v) is 10.1. The van der Waals surface area contributed by atoms with Crippen molar-refractivity contribution in [2.75, 3.05) is 13.1 Å². The molecule has 2 heterocycles. The Morgan fingerprint density at radius 3 is 2.58 bits per heavy atom. The van der Waals surface area contributed by atoms with E-state index in [4.69, 9.17) is 5.73 Å². The molecule has 3 rings (SSSR count). The summed E-state index contributed by atoms with van der Waals surface area (Å²) in [6, 6.07) is 7.31. The fraction of sp³-hybridized carbons (Fsp3) is 0.500. The predicted molar refractivity (Wildman–Crippen MR) is 111 cm³/mol. The van der Waals surface area contributed by atoms with Gasteiger partial charge in [-0.3, -0.25) is 4.98 Å². The van der Waals surface area contributed by atoms with Crippen LogP contribution in [-0.2, 0) is 10.0 Å². The van der Waals surface area contributed by atoms with E-state index in [1.807, 2.05) is 6.07 Å². The highest BCUT2D eigenvalue weighted by Gasteiger charge is 2.32. The van der Waals surface area contributed by atoms with E-state index in [0.717, 1.165) is 36.5 Å². The molecule has 8 heteroatoms. The minimum Gasteiger partial charge on any atom is -0.327 e. The number of nitrogens with two attached hydrogens (primary N) is 1. The maximum Gasteiger partial charge on any atom is 0.243 e. The summed E-state index contributed by atoms with van der Waals surface area (Å²) in [6.45, 7) is 3.23. The van der Waals surface area contributed by atoms with E-state index in [1.165, 1.54) is 0 Å². The molecular formula is C18H27Cl2N3O2S. The van der Waals surface area contributed by atoms with Crippen LogP contribution in [0.2, 0.25) is 0 Å². The molecule has 0 amide bonds. The van der Waals surface area contributed by atoms with Crippen molar-refractivity contribution in [3.63, 3.8) is 0 Å². The largest absolute Gasteiger partial charge is 0.327 e. The van der Waals surface area contributed by atoms with Crippen molar-refractivity contribution >= 4 is 45.6 Å². The van der Waals surface area contributed by atoms with Crippen molar-refractivity contribution in [1.82, 2.24) is 9.29 Å². The topological polar surface area (TPSA) is 76.3 Å². The standard InChI is InChI=1S/C18H25N3O2S.2ClH/c1-2-4-17(19)14-8-11-21(12-9-14)24(22,23)18-6-3-5-15-13-20-10-7-16(15)18;;/h3,5-7,10,13-14,17H,2,4,8-9,11-12,19H2,1H3;2*1H. The van der Waals surface area contributed by atoms with Gasteiger partial charge in [-0.2, -0.15) is 4.31 Å². The van der Waals surface area contributed by atoms with E-state index in [-0.39, 0.29) is 30.9 Å². The number of hydrogen-bond acceptors (Lipinski definition) is 4. The third-order valence-corrected chi connectivity index (χ3v) is 6.94. The SMILES string of the molecule is CCCC(N)C1CCN(S(=O)(=O)c2cccc3cnccc23)CC1.Cl.Cl. The van der Waals surface area contributed by atoms with E-state index >= 15 is 0 Å². The zero-order chi connectivity index (χ0) is 17.2. The maximum atomic E-state index is 13.1. The Bertz CT molecular complexity index is 804. The summed E-state index contributed by atoms with van der Waals surface area (Å²) in [4.78, 5) is 4.45. The van der Waals surface area contributed by atoms with E-state index in [9.17, 15) is 8.42 Å². The van der Waals surface area contributed by atoms with Crippen LogP contribution in [0.4, 0.5) is 0 Å². The number of fused-ring (bicyclic) bond motifs is 1. The number of sulfonamides is 1. The summed E-state index contributed by atoms with van der Waals surface area (Å²) in [5, 5.41) is 1.58. The third kappa shape index (κ3) is 4.67. The average Bonchev–Trinajstić information content (AvgIpc) is 2.61. The lowest BCUT2D eigenvalue weighted by atomic mass is 9.88. The fourth-order valence-corrected chi connectivity index (χ4v) is 5.25. The van der Waals surface area contributed by atoms with Gasteiger partial charge in [-0.15, -0.1) is 24.8 Å². The number of aromatic nitrogens is 1. The molecule has 2 aromatic rings. The Kier molecular flexibility index (Phi) is 8.76. The van der Waals surface area contributed by atoms with E-state index < -0.39 is 10.0 Å². The first-order chi connectivity index (χ1) is 11.5. The van der Waals surface area contributed by atoms with Gasteiger partial charge in [-0.1, -0.05) is 25.5 Å². The van der Waals surface area contributed by atoms with Gasteiger partial charge in [0.2, 0.25) is 10.0 Å². The highest BCUT2D eigenvalue weighted by atomic mass is 35.5. The van der Waals surface area contributed by atoms with Crippen LogP contribution in [0.5, 0.6) is 0 Å². The Morgan fingerprint density at radius 1 is 1.23 bits per heavy atom. The van der Waals surface area contributed by atoms with Gasteiger partial charge in [-0.25, -0.2) is 8.42 Å². The summed E-state index contributed by atoms with van der Waals surface area (Å²) >= 11 is 0. The number of benzene rings is 1. The number of pyridine rings is 1. The quantitative estimate of drug-likeness (QED) is 0.802. The molecule has 1 unspecified atom stereocenters. The van der Waals surface area contributed by atoms with Crippen molar-refractivity contribution in [2.45, 2.75) is 43.5 Å². The maximum absolute atomic E-state index is 13.1. The van der Waals surface area contributed by atoms with Crippen LogP contribution in [0.1, 0.15) is 32.6 Å². The smallest absolute Gasteiger partial charge is 0.243 e. The molecule has 5 nitrogen and oxygen atoms in total. The number of rotatable bonds is 5. The van der Waals surface area contributed by atoms with Gasteiger partial charge < -0.3 is 5.73 Å². The van der Waals surface area contributed by atoms with Crippen molar-refractivity contribution < 1.29 is 8.42 Å². The van der Waals surface area contributed by atoms with Gasteiger partial charge in [-0.05, 0) is 37.3 Å². The lowest BCUT2D eigenvalue weighted by Gasteiger charge is -2.34. The van der Waals surface area contributed by atoms with E-state index in [0.29, 0.717) is 23.9 Å². The molecule has 1 aliphatic heterocycles. The second kappa shape index (κ2) is 9.85. The average molecular weight is 420 g/mol. The lowest BCUT2D eigenvalue weighted by molar-refractivity contribution is 0.238.